The van der Waals surface area contributed by atoms with E-state index in [4.69, 9.17) is 20.8 Å². The molecule has 0 radical (unpaired) electrons. The molecule has 0 aliphatic rings. The summed E-state index contributed by atoms with van der Waals surface area (Å²) in [5, 5.41) is 16.3. The van der Waals surface area contributed by atoms with Crippen LogP contribution in [0.5, 0.6) is 0 Å². The zero-order valence-electron chi connectivity index (χ0n) is 8.40. The van der Waals surface area contributed by atoms with Gasteiger partial charge in [-0.3, -0.25) is 5.41 Å². The molecule has 0 unspecified atom stereocenters. The molecule has 0 saturated heterocycles. The van der Waals surface area contributed by atoms with Gasteiger partial charge in [0.05, 0.1) is 5.69 Å². The second-order valence-electron chi connectivity index (χ2n) is 3.25. The van der Waals surface area contributed by atoms with Gasteiger partial charge in [-0.15, -0.1) is 0 Å². The molecule has 0 saturated carbocycles. The summed E-state index contributed by atoms with van der Waals surface area (Å²) in [6.45, 7) is 0. The third-order valence-corrected chi connectivity index (χ3v) is 2.18. The molecule has 1 aromatic heterocycles. The predicted octanol–water partition coefficient (Wildman–Crippen LogP) is 1.88. The fraction of sp³-hybridized carbons (Fsp3) is 0. The topological polar surface area (TPSA) is 86.8 Å². The Balaban J connectivity index is 2.63. The Morgan fingerprint density at radius 3 is 2.50 bits per heavy atom. The first-order valence-electron chi connectivity index (χ1n) is 4.66. The van der Waals surface area contributed by atoms with E-state index in [1.54, 1.807) is 6.07 Å². The van der Waals surface area contributed by atoms with Crippen LogP contribution >= 0.6 is 0 Å². The monoisotopic (exact) mass is 211 g/mol. The van der Waals surface area contributed by atoms with Crippen LogP contribution in [0, 0.1) is 16.7 Å². The average Bonchev–Trinajstić information content (AvgIpc) is 2.30. The molecule has 0 aliphatic carbocycles. The lowest BCUT2D eigenvalue weighted by Crippen LogP contribution is -2.08. The van der Waals surface area contributed by atoms with Crippen LogP contribution in [0.4, 0.5) is 5.69 Å². The third-order valence-electron chi connectivity index (χ3n) is 2.18. The summed E-state index contributed by atoms with van der Waals surface area (Å²) < 4.78 is 5.23. The number of nitrogen functional groups attached to an aromatic ring is 1. The Bertz CT molecular complexity index is 608. The molecule has 1 heterocycles. The van der Waals surface area contributed by atoms with E-state index in [9.17, 15) is 0 Å². The molecule has 16 heavy (non-hydrogen) atoms. The Hall–Kier alpha value is -2.54. The van der Waals surface area contributed by atoms with Gasteiger partial charge < -0.3 is 10.2 Å². The van der Waals surface area contributed by atoms with Crippen LogP contribution in [-0.4, -0.2) is 0 Å². The Labute approximate surface area is 92.1 Å². The van der Waals surface area contributed by atoms with Crippen LogP contribution in [-0.2, 0) is 0 Å². The number of benzene rings is 1. The van der Waals surface area contributed by atoms with Crippen molar-refractivity contribution in [1.82, 2.24) is 0 Å². The molecule has 3 N–H and O–H groups in total. The Morgan fingerprint density at radius 2 is 1.94 bits per heavy atom. The van der Waals surface area contributed by atoms with E-state index in [0.717, 1.165) is 5.56 Å². The second kappa shape index (κ2) is 3.91. The Morgan fingerprint density at radius 1 is 1.25 bits per heavy atom. The lowest BCUT2D eigenvalue weighted by molar-refractivity contribution is 0.499. The van der Waals surface area contributed by atoms with Gasteiger partial charge in [-0.05, 0) is 0 Å². The number of nitrogens with one attached hydrogen (secondary N) is 1. The maximum absolute atomic E-state index is 8.75. The van der Waals surface area contributed by atoms with Crippen molar-refractivity contribution in [3.8, 4) is 17.4 Å². The standard InChI is InChI=1S/C12H9N3O/c13-7-9-10(14)6-11(16-12(9)15)8-4-2-1-3-5-8/h1-6,15H,14H2. The van der Waals surface area contributed by atoms with E-state index in [2.05, 4.69) is 0 Å². The predicted molar refractivity (Wildman–Crippen MR) is 59.1 cm³/mol. The summed E-state index contributed by atoms with van der Waals surface area (Å²) in [4.78, 5) is 0. The van der Waals surface area contributed by atoms with E-state index in [0.29, 0.717) is 5.76 Å². The zero-order chi connectivity index (χ0) is 11.5. The van der Waals surface area contributed by atoms with Gasteiger partial charge in [0.1, 0.15) is 17.4 Å². The van der Waals surface area contributed by atoms with Crippen LogP contribution < -0.4 is 11.3 Å². The molecule has 4 heteroatoms. The second-order valence-corrected chi connectivity index (χ2v) is 3.25. The van der Waals surface area contributed by atoms with Crippen molar-refractivity contribution in [2.45, 2.75) is 0 Å². The van der Waals surface area contributed by atoms with Gasteiger partial charge in [0.25, 0.3) is 0 Å². The summed E-state index contributed by atoms with van der Waals surface area (Å²) in [5.41, 5.74) is 6.62. The van der Waals surface area contributed by atoms with E-state index in [1.807, 2.05) is 36.4 Å². The number of rotatable bonds is 1. The molecule has 0 spiro atoms. The molecule has 4 nitrogen and oxygen atoms in total. The fourth-order valence-corrected chi connectivity index (χ4v) is 1.39. The molecule has 0 fully saturated rings. The fourth-order valence-electron chi connectivity index (χ4n) is 1.39. The normalized spacial score (nSPS) is 9.69. The van der Waals surface area contributed by atoms with Gasteiger partial charge >= 0.3 is 0 Å². The van der Waals surface area contributed by atoms with Gasteiger partial charge in [-0.1, -0.05) is 30.3 Å². The third kappa shape index (κ3) is 1.66. The number of nitrogens with two attached hydrogens (primary N) is 1. The molecular weight excluding hydrogens is 202 g/mol. The maximum atomic E-state index is 8.75. The average molecular weight is 211 g/mol. The van der Waals surface area contributed by atoms with Crippen LogP contribution in [0.15, 0.2) is 40.8 Å². The summed E-state index contributed by atoms with van der Waals surface area (Å²) in [6, 6.07) is 12.7. The number of nitrogens with zero attached hydrogens (tertiary/aromatic N) is 1. The first-order chi connectivity index (χ1) is 7.72. The highest BCUT2D eigenvalue weighted by Crippen LogP contribution is 2.20. The largest absolute Gasteiger partial charge is 0.437 e. The minimum atomic E-state index is -0.207. The minimum absolute atomic E-state index is 0.0691. The van der Waals surface area contributed by atoms with Crippen molar-refractivity contribution in [2.75, 3.05) is 5.73 Å². The SMILES string of the molecule is N#Cc1c(N)cc(-c2ccccc2)oc1=N. The van der Waals surface area contributed by atoms with Crippen LogP contribution in [0.25, 0.3) is 11.3 Å². The van der Waals surface area contributed by atoms with Gasteiger partial charge in [0.2, 0.25) is 5.55 Å². The summed E-state index contributed by atoms with van der Waals surface area (Å²) in [5.74, 6) is 0.488. The number of anilines is 1. The smallest absolute Gasteiger partial charge is 0.232 e. The van der Waals surface area contributed by atoms with E-state index >= 15 is 0 Å². The van der Waals surface area contributed by atoms with Crippen molar-refractivity contribution in [3.63, 3.8) is 0 Å². The molecule has 1 aromatic carbocycles. The highest BCUT2D eigenvalue weighted by atomic mass is 16.3. The highest BCUT2D eigenvalue weighted by molar-refractivity contribution is 5.64. The van der Waals surface area contributed by atoms with Crippen molar-refractivity contribution in [2.24, 2.45) is 0 Å². The zero-order valence-corrected chi connectivity index (χ0v) is 8.40. The van der Waals surface area contributed by atoms with Crippen LogP contribution in [0.3, 0.4) is 0 Å². The van der Waals surface area contributed by atoms with E-state index in [1.165, 1.54) is 0 Å². The van der Waals surface area contributed by atoms with Gasteiger partial charge in [-0.2, -0.15) is 5.26 Å². The molecular formula is C12H9N3O. The molecule has 78 valence electrons. The summed E-state index contributed by atoms with van der Waals surface area (Å²) in [6.07, 6.45) is 0. The molecule has 0 aliphatic heterocycles. The van der Waals surface area contributed by atoms with E-state index < -0.39 is 0 Å². The lowest BCUT2D eigenvalue weighted by Gasteiger charge is -2.02. The van der Waals surface area contributed by atoms with Gasteiger partial charge in [0.15, 0.2) is 0 Å². The lowest BCUT2D eigenvalue weighted by atomic mass is 10.1. The van der Waals surface area contributed by atoms with Crippen molar-refractivity contribution in [1.29, 1.82) is 10.7 Å². The van der Waals surface area contributed by atoms with Crippen molar-refractivity contribution in [3.05, 3.63) is 47.5 Å². The first kappa shape index (κ1) is 9.99. The van der Waals surface area contributed by atoms with Gasteiger partial charge in [0, 0.05) is 11.6 Å². The van der Waals surface area contributed by atoms with E-state index in [-0.39, 0.29) is 16.8 Å². The van der Waals surface area contributed by atoms with Crippen LogP contribution in [0.1, 0.15) is 5.56 Å². The molecule has 0 bridgehead atoms. The van der Waals surface area contributed by atoms with Crippen molar-refractivity contribution < 1.29 is 4.42 Å². The van der Waals surface area contributed by atoms with Gasteiger partial charge in [-0.25, -0.2) is 0 Å². The van der Waals surface area contributed by atoms with Crippen LogP contribution in [0.2, 0.25) is 0 Å². The summed E-state index contributed by atoms with van der Waals surface area (Å²) >= 11 is 0. The molecule has 2 rings (SSSR count). The quantitative estimate of drug-likeness (QED) is 0.754. The van der Waals surface area contributed by atoms with Crippen molar-refractivity contribution >= 4 is 5.69 Å². The maximum Gasteiger partial charge on any atom is 0.232 e. The number of hydrogen-bond donors (Lipinski definition) is 2. The molecule has 0 amide bonds. The first-order valence-corrected chi connectivity index (χ1v) is 4.66. The molecule has 2 aromatic rings. The Kier molecular flexibility index (Phi) is 2.44. The number of nitriles is 1. The molecule has 0 atom stereocenters. The number of hydrogen-bond acceptors (Lipinski definition) is 4. The summed E-state index contributed by atoms with van der Waals surface area (Å²) in [7, 11) is 0. The minimum Gasteiger partial charge on any atom is -0.437 e. The highest BCUT2D eigenvalue weighted by Gasteiger charge is 2.07.